The molecule has 6 heteroatoms. The smallest absolute Gasteiger partial charge is 0.246 e. The summed E-state index contributed by atoms with van der Waals surface area (Å²) < 4.78 is 13.5. The summed E-state index contributed by atoms with van der Waals surface area (Å²) in [5.74, 6) is -1.26. The van der Waals surface area contributed by atoms with E-state index in [0.29, 0.717) is 0 Å². The molecule has 1 fully saturated rings. The van der Waals surface area contributed by atoms with Crippen LogP contribution >= 0.6 is 0 Å². The summed E-state index contributed by atoms with van der Waals surface area (Å²) in [6.45, 7) is -0.275. The number of nitrogens with one attached hydrogen (secondary N) is 1. The van der Waals surface area contributed by atoms with Gasteiger partial charge >= 0.3 is 0 Å². The van der Waals surface area contributed by atoms with Gasteiger partial charge in [0.25, 0.3) is 0 Å². The number of carbonyl (C=O) groups is 2. The summed E-state index contributed by atoms with van der Waals surface area (Å²) in [5, 5.41) is 2.39. The van der Waals surface area contributed by atoms with Crippen LogP contribution in [0.15, 0.2) is 18.2 Å². The minimum Gasteiger partial charge on any atom is -0.399 e. The predicted octanol–water partition coefficient (Wildman–Crippen LogP) is -0.129. The minimum atomic E-state index is -0.608. The normalized spacial score (nSPS) is 16.2. The third-order valence-corrected chi connectivity index (χ3v) is 2.30. The largest absolute Gasteiger partial charge is 0.399 e. The highest BCUT2D eigenvalue weighted by molar-refractivity contribution is 6.04. The van der Waals surface area contributed by atoms with Gasteiger partial charge in [0.1, 0.15) is 12.4 Å². The number of benzene rings is 1. The first kappa shape index (κ1) is 10.4. The number of rotatable bonds is 1. The lowest BCUT2D eigenvalue weighted by molar-refractivity contribution is -0.128. The second-order valence-electron chi connectivity index (χ2n) is 3.47. The number of nitrogens with zero attached hydrogens (tertiary/aromatic N) is 1. The van der Waals surface area contributed by atoms with Crippen LogP contribution in [0, 0.1) is 5.82 Å². The molecule has 1 aliphatic rings. The van der Waals surface area contributed by atoms with Crippen LogP contribution in [-0.4, -0.2) is 24.9 Å². The highest BCUT2D eigenvalue weighted by Gasteiger charge is 2.26. The fourth-order valence-corrected chi connectivity index (χ4v) is 1.52. The van der Waals surface area contributed by atoms with Gasteiger partial charge in [-0.25, -0.2) is 4.39 Å². The maximum absolute atomic E-state index is 13.5. The number of anilines is 2. The molecule has 3 N–H and O–H groups in total. The molecule has 0 aliphatic carbocycles. The number of carbonyl (C=O) groups excluding carboxylic acids is 2. The van der Waals surface area contributed by atoms with Gasteiger partial charge in [-0.3, -0.25) is 14.5 Å². The molecule has 0 aromatic heterocycles. The standard InChI is InChI=1S/C10H10FN3O2/c11-7-3-6(12)1-2-8(7)14-5-9(15)13-4-10(14)16/h1-3H,4-5,12H2,(H,13,15). The molecular formula is C10H10FN3O2. The summed E-state index contributed by atoms with van der Waals surface area (Å²) in [6, 6.07) is 3.99. The van der Waals surface area contributed by atoms with Crippen LogP contribution in [0.3, 0.4) is 0 Å². The van der Waals surface area contributed by atoms with Gasteiger partial charge < -0.3 is 11.1 Å². The van der Waals surface area contributed by atoms with Crippen molar-refractivity contribution >= 4 is 23.2 Å². The molecule has 1 aromatic rings. The van der Waals surface area contributed by atoms with E-state index in [0.717, 1.165) is 11.0 Å². The Balaban J connectivity index is 2.35. The fourth-order valence-electron chi connectivity index (χ4n) is 1.52. The molecule has 1 heterocycles. The van der Waals surface area contributed by atoms with Crippen molar-refractivity contribution in [3.8, 4) is 0 Å². The third kappa shape index (κ3) is 1.81. The van der Waals surface area contributed by atoms with Gasteiger partial charge in [-0.1, -0.05) is 0 Å². The number of nitrogen functional groups attached to an aromatic ring is 1. The number of amides is 2. The quantitative estimate of drug-likeness (QED) is 0.651. The fraction of sp³-hybridized carbons (Fsp3) is 0.200. The van der Waals surface area contributed by atoms with Crippen LogP contribution in [0.1, 0.15) is 0 Å². The molecule has 0 radical (unpaired) electrons. The van der Waals surface area contributed by atoms with E-state index in [1.807, 2.05) is 0 Å². The van der Waals surface area contributed by atoms with E-state index >= 15 is 0 Å². The lowest BCUT2D eigenvalue weighted by Gasteiger charge is -2.26. The Morgan fingerprint density at radius 1 is 1.38 bits per heavy atom. The monoisotopic (exact) mass is 223 g/mol. The third-order valence-electron chi connectivity index (χ3n) is 2.30. The molecule has 2 amide bonds. The van der Waals surface area contributed by atoms with E-state index in [9.17, 15) is 14.0 Å². The zero-order valence-corrected chi connectivity index (χ0v) is 8.37. The number of piperazine rings is 1. The van der Waals surface area contributed by atoms with Gasteiger partial charge in [-0.05, 0) is 18.2 Å². The first-order chi connectivity index (χ1) is 7.58. The molecule has 1 aliphatic heterocycles. The number of hydrogen-bond acceptors (Lipinski definition) is 3. The topological polar surface area (TPSA) is 75.4 Å². The summed E-state index contributed by atoms with van der Waals surface area (Å²) in [4.78, 5) is 23.7. The molecule has 2 rings (SSSR count). The first-order valence-corrected chi connectivity index (χ1v) is 4.70. The van der Waals surface area contributed by atoms with Crippen LogP contribution in [0.5, 0.6) is 0 Å². The maximum atomic E-state index is 13.5. The molecule has 0 spiro atoms. The van der Waals surface area contributed by atoms with Crippen LogP contribution in [0.25, 0.3) is 0 Å². The molecule has 0 unspecified atom stereocenters. The summed E-state index contributed by atoms with van der Waals surface area (Å²) >= 11 is 0. The average Bonchev–Trinajstić information content (AvgIpc) is 2.22. The molecule has 0 bridgehead atoms. The molecule has 0 atom stereocenters. The van der Waals surface area contributed by atoms with Gasteiger partial charge in [-0.2, -0.15) is 0 Å². The Labute approximate surface area is 91.0 Å². The SMILES string of the molecule is Nc1ccc(N2CC(=O)NCC2=O)c(F)c1. The molecular weight excluding hydrogens is 213 g/mol. The van der Waals surface area contributed by atoms with Crippen LogP contribution in [0.2, 0.25) is 0 Å². The maximum Gasteiger partial charge on any atom is 0.246 e. The van der Waals surface area contributed by atoms with Crippen molar-refractivity contribution in [1.29, 1.82) is 0 Å². The zero-order valence-electron chi connectivity index (χ0n) is 8.37. The van der Waals surface area contributed by atoms with E-state index in [-0.39, 0.29) is 36.3 Å². The van der Waals surface area contributed by atoms with Crippen molar-refractivity contribution in [3.63, 3.8) is 0 Å². The summed E-state index contributed by atoms with van der Waals surface area (Å²) in [7, 11) is 0. The van der Waals surface area contributed by atoms with Crippen molar-refractivity contribution in [2.75, 3.05) is 23.7 Å². The van der Waals surface area contributed by atoms with Crippen molar-refractivity contribution in [2.45, 2.75) is 0 Å². The highest BCUT2D eigenvalue weighted by Crippen LogP contribution is 2.22. The lowest BCUT2D eigenvalue weighted by atomic mass is 10.2. The molecule has 1 saturated heterocycles. The van der Waals surface area contributed by atoms with E-state index < -0.39 is 5.82 Å². The number of halogens is 1. The minimum absolute atomic E-state index is 0.0778. The Bertz CT molecular complexity index is 461. The van der Waals surface area contributed by atoms with E-state index in [4.69, 9.17) is 5.73 Å². The Morgan fingerprint density at radius 2 is 2.12 bits per heavy atom. The Morgan fingerprint density at radius 3 is 2.81 bits per heavy atom. The van der Waals surface area contributed by atoms with Crippen LogP contribution < -0.4 is 16.0 Å². The summed E-state index contributed by atoms with van der Waals surface area (Å²) in [5.41, 5.74) is 5.75. The van der Waals surface area contributed by atoms with E-state index in [1.54, 1.807) is 0 Å². The molecule has 16 heavy (non-hydrogen) atoms. The van der Waals surface area contributed by atoms with Crippen molar-refractivity contribution in [2.24, 2.45) is 0 Å². The van der Waals surface area contributed by atoms with Crippen LogP contribution in [0.4, 0.5) is 15.8 Å². The second-order valence-corrected chi connectivity index (χ2v) is 3.47. The average molecular weight is 223 g/mol. The van der Waals surface area contributed by atoms with Gasteiger partial charge in [0, 0.05) is 5.69 Å². The van der Waals surface area contributed by atoms with Crippen molar-refractivity contribution < 1.29 is 14.0 Å². The summed E-state index contributed by atoms with van der Waals surface area (Å²) in [6.07, 6.45) is 0. The van der Waals surface area contributed by atoms with Gasteiger partial charge in [-0.15, -0.1) is 0 Å². The van der Waals surface area contributed by atoms with E-state index in [1.165, 1.54) is 12.1 Å². The van der Waals surface area contributed by atoms with Crippen molar-refractivity contribution in [1.82, 2.24) is 5.32 Å². The first-order valence-electron chi connectivity index (χ1n) is 4.70. The van der Waals surface area contributed by atoms with Crippen molar-refractivity contribution in [3.05, 3.63) is 24.0 Å². The number of nitrogens with two attached hydrogens (primary N) is 1. The second kappa shape index (κ2) is 3.80. The zero-order chi connectivity index (χ0) is 11.7. The molecule has 0 saturated carbocycles. The molecule has 84 valence electrons. The molecule has 1 aromatic carbocycles. The van der Waals surface area contributed by atoms with Gasteiger partial charge in [0.2, 0.25) is 11.8 Å². The Hall–Kier alpha value is -2.11. The van der Waals surface area contributed by atoms with Crippen LogP contribution in [-0.2, 0) is 9.59 Å². The highest BCUT2D eigenvalue weighted by atomic mass is 19.1. The number of hydrogen-bond donors (Lipinski definition) is 2. The van der Waals surface area contributed by atoms with Gasteiger partial charge in [0.15, 0.2) is 0 Å². The lowest BCUT2D eigenvalue weighted by Crippen LogP contribution is -2.52. The van der Waals surface area contributed by atoms with E-state index in [2.05, 4.69) is 5.32 Å². The Kier molecular flexibility index (Phi) is 2.47. The molecule has 5 nitrogen and oxygen atoms in total. The van der Waals surface area contributed by atoms with Gasteiger partial charge in [0.05, 0.1) is 12.2 Å². The predicted molar refractivity (Wildman–Crippen MR) is 56.2 cm³/mol.